The molecule has 0 aliphatic heterocycles. The van der Waals surface area contributed by atoms with E-state index in [1.807, 2.05) is 0 Å². The Morgan fingerprint density at radius 3 is 0.833 bits per heavy atom. The molecule has 0 aliphatic rings. The summed E-state index contributed by atoms with van der Waals surface area (Å²) in [5, 5.41) is 10.6. The Balaban J connectivity index is 5.37. The maximum atomic E-state index is 13.1. The molecule has 19 heteroatoms. The second-order valence-electron chi connectivity index (χ2n) is 26.2. The lowest BCUT2D eigenvalue weighted by atomic mass is 10.0. The van der Waals surface area contributed by atoms with Crippen molar-refractivity contribution in [2.75, 3.05) is 39.6 Å². The smallest absolute Gasteiger partial charge is 0.462 e. The predicted molar refractivity (Wildman–Crippen MR) is 418 cm³/mol. The van der Waals surface area contributed by atoms with E-state index in [2.05, 4.69) is 149 Å². The number of carbonyl (C=O) groups excluding carboxylic acids is 4. The second-order valence-corrected chi connectivity index (χ2v) is 29.2. The van der Waals surface area contributed by atoms with Gasteiger partial charge in [-0.15, -0.1) is 0 Å². The fourth-order valence-corrected chi connectivity index (χ4v) is 12.0. The fraction of sp³-hybridized carbons (Fsp3) is 0.711. The zero-order valence-electron chi connectivity index (χ0n) is 64.0. The molecule has 0 amide bonds. The van der Waals surface area contributed by atoms with E-state index in [1.54, 1.807) is 0 Å². The summed E-state index contributed by atoms with van der Waals surface area (Å²) in [6.07, 6.45) is 81.8. The van der Waals surface area contributed by atoms with Gasteiger partial charge in [-0.05, 0) is 128 Å². The molecule has 0 heterocycles. The first-order valence-corrected chi connectivity index (χ1v) is 42.8. The first-order chi connectivity index (χ1) is 49.7. The van der Waals surface area contributed by atoms with Gasteiger partial charge < -0.3 is 33.8 Å². The summed E-state index contributed by atoms with van der Waals surface area (Å²) >= 11 is 0. The normalized spacial score (nSPS) is 14.5. The standard InChI is InChI=1S/C83H142O17P2/c1-5-9-13-17-21-25-29-32-35-37-38-40-43-45-49-52-56-60-64-68-81(86)94-74-79(100-83(88)70-66-62-58-54-50-46-41-34-31-27-23-19-15-11-7-3)76-98-102(91,92)96-72-77(84)71-95-101(89,90)97-75-78(99-82(87)69-65-61-57-53-47-28-24-20-16-12-8-4)73-93-80(85)67-63-59-55-51-48-44-42-39-36-33-30-26-22-18-14-10-6-2/h9-10,13-14,20-22,24-26,32-33,35-36,38,40,42,44-45,49,77-79,84H,5-8,11-12,15-19,23,27-31,34,37,39,41,43,46-48,50-76H2,1-4H3,(H,89,90)(H,91,92)/b13-9-,14-10-,24-20-,25-21-,26-22-,35-32-,36-33-,40-38-,44-42-,49-45-. The molecule has 0 aromatic carbocycles. The van der Waals surface area contributed by atoms with Gasteiger partial charge in [0.2, 0.25) is 0 Å². The number of allylic oxidation sites excluding steroid dienone is 20. The van der Waals surface area contributed by atoms with E-state index >= 15 is 0 Å². The molecule has 5 unspecified atom stereocenters. The van der Waals surface area contributed by atoms with Gasteiger partial charge in [0.15, 0.2) is 12.2 Å². The molecular weight excluding hydrogens is 1330 g/mol. The molecular formula is C83H142O17P2. The van der Waals surface area contributed by atoms with Crippen molar-refractivity contribution in [3.05, 3.63) is 122 Å². The van der Waals surface area contributed by atoms with Crippen LogP contribution in [0.15, 0.2) is 122 Å². The average Bonchev–Trinajstić information content (AvgIpc) is 0.939. The first kappa shape index (κ1) is 97.5. The van der Waals surface area contributed by atoms with Crippen LogP contribution in [0.3, 0.4) is 0 Å². The molecule has 0 spiro atoms. The fourth-order valence-electron chi connectivity index (χ4n) is 10.4. The Morgan fingerprint density at radius 2 is 0.520 bits per heavy atom. The number of rotatable bonds is 74. The third-order valence-electron chi connectivity index (χ3n) is 16.4. The monoisotopic (exact) mass is 1470 g/mol. The van der Waals surface area contributed by atoms with Gasteiger partial charge in [0.05, 0.1) is 26.4 Å². The molecule has 0 aromatic rings. The third-order valence-corrected chi connectivity index (χ3v) is 18.3. The third kappa shape index (κ3) is 73.8. The number of ether oxygens (including phenoxy) is 4. The summed E-state index contributed by atoms with van der Waals surface area (Å²) in [5.41, 5.74) is 0. The van der Waals surface area contributed by atoms with Crippen LogP contribution in [0.5, 0.6) is 0 Å². The van der Waals surface area contributed by atoms with E-state index in [0.717, 1.165) is 167 Å². The number of unbranched alkanes of at least 4 members (excludes halogenated alkanes) is 28. The lowest BCUT2D eigenvalue weighted by Crippen LogP contribution is -2.30. The maximum absolute atomic E-state index is 13.1. The number of phosphoric acid groups is 2. The summed E-state index contributed by atoms with van der Waals surface area (Å²) < 4.78 is 68.5. The van der Waals surface area contributed by atoms with Crippen LogP contribution < -0.4 is 0 Å². The highest BCUT2D eigenvalue weighted by molar-refractivity contribution is 7.47. The van der Waals surface area contributed by atoms with Crippen molar-refractivity contribution in [2.24, 2.45) is 0 Å². The van der Waals surface area contributed by atoms with Crippen LogP contribution in [0.25, 0.3) is 0 Å². The lowest BCUT2D eigenvalue weighted by Gasteiger charge is -2.21. The van der Waals surface area contributed by atoms with E-state index < -0.39 is 97.5 Å². The topological polar surface area (TPSA) is 237 Å². The Bertz CT molecular complexity index is 2410. The SMILES string of the molecule is CC/C=C\C/C=C\C/C=C\C/C=C\C/C=C\CCCCCC(=O)OCC(COP(=O)(O)OCC(O)COP(=O)(O)OCC(COC(=O)CCCCCC/C=C\C/C=C\C/C=C\C/C=C\CC)OC(=O)CCCCCCC/C=C\CCCC)OC(=O)CCCCCCCCCCCCCCCCC. The van der Waals surface area contributed by atoms with Crippen LogP contribution >= 0.6 is 15.6 Å². The van der Waals surface area contributed by atoms with Crippen molar-refractivity contribution in [1.29, 1.82) is 0 Å². The molecule has 0 fully saturated rings. The number of phosphoric ester groups is 2. The van der Waals surface area contributed by atoms with E-state index in [0.29, 0.717) is 25.7 Å². The quantitative estimate of drug-likeness (QED) is 0.0169. The van der Waals surface area contributed by atoms with Crippen LogP contribution in [0.1, 0.15) is 323 Å². The minimum absolute atomic E-state index is 0.0767. The van der Waals surface area contributed by atoms with Crippen molar-refractivity contribution in [2.45, 2.75) is 341 Å². The molecule has 0 bridgehead atoms. The Morgan fingerprint density at radius 1 is 0.284 bits per heavy atom. The molecule has 5 atom stereocenters. The molecule has 17 nitrogen and oxygen atoms in total. The number of aliphatic hydroxyl groups is 1. The summed E-state index contributed by atoms with van der Waals surface area (Å²) in [5.74, 6) is -2.24. The highest BCUT2D eigenvalue weighted by Gasteiger charge is 2.30. The number of hydrogen-bond donors (Lipinski definition) is 3. The molecule has 0 saturated carbocycles. The average molecular weight is 1470 g/mol. The first-order valence-electron chi connectivity index (χ1n) is 39.8. The number of hydrogen-bond acceptors (Lipinski definition) is 15. The molecule has 0 rings (SSSR count). The zero-order chi connectivity index (χ0) is 74.6. The highest BCUT2D eigenvalue weighted by atomic mass is 31.2. The van der Waals surface area contributed by atoms with Crippen molar-refractivity contribution >= 4 is 39.5 Å². The van der Waals surface area contributed by atoms with Crippen LogP contribution in [-0.2, 0) is 65.4 Å². The van der Waals surface area contributed by atoms with Gasteiger partial charge in [-0.1, -0.05) is 290 Å². The van der Waals surface area contributed by atoms with Crippen LogP contribution in [0.4, 0.5) is 0 Å². The number of carbonyl (C=O) groups is 4. The van der Waals surface area contributed by atoms with Gasteiger partial charge in [-0.3, -0.25) is 37.3 Å². The van der Waals surface area contributed by atoms with Gasteiger partial charge in [-0.25, -0.2) is 9.13 Å². The molecule has 0 saturated heterocycles. The van der Waals surface area contributed by atoms with Crippen LogP contribution in [-0.4, -0.2) is 96.7 Å². The van der Waals surface area contributed by atoms with E-state index in [9.17, 15) is 43.2 Å². The molecule has 0 radical (unpaired) electrons. The van der Waals surface area contributed by atoms with Gasteiger partial charge in [-0.2, -0.15) is 0 Å². The number of aliphatic hydroxyl groups excluding tert-OH is 1. The molecule has 3 N–H and O–H groups in total. The zero-order valence-corrected chi connectivity index (χ0v) is 65.8. The predicted octanol–water partition coefficient (Wildman–Crippen LogP) is 23.1. The van der Waals surface area contributed by atoms with Gasteiger partial charge in [0.25, 0.3) is 0 Å². The van der Waals surface area contributed by atoms with E-state index in [1.165, 1.54) is 77.0 Å². The highest BCUT2D eigenvalue weighted by Crippen LogP contribution is 2.45. The van der Waals surface area contributed by atoms with Crippen molar-refractivity contribution < 1.29 is 80.2 Å². The Labute approximate surface area is 619 Å². The van der Waals surface area contributed by atoms with Crippen molar-refractivity contribution in [3.63, 3.8) is 0 Å². The van der Waals surface area contributed by atoms with Crippen LogP contribution in [0, 0.1) is 0 Å². The molecule has 0 aliphatic carbocycles. The van der Waals surface area contributed by atoms with Gasteiger partial charge in [0, 0.05) is 25.7 Å². The van der Waals surface area contributed by atoms with Crippen LogP contribution in [0.2, 0.25) is 0 Å². The summed E-state index contributed by atoms with van der Waals surface area (Å²) in [7, 11) is -9.97. The summed E-state index contributed by atoms with van der Waals surface area (Å²) in [6, 6.07) is 0. The minimum Gasteiger partial charge on any atom is -0.462 e. The van der Waals surface area contributed by atoms with Crippen molar-refractivity contribution in [3.8, 4) is 0 Å². The summed E-state index contributed by atoms with van der Waals surface area (Å²) in [6.45, 7) is 4.56. The van der Waals surface area contributed by atoms with E-state index in [4.69, 9.17) is 37.0 Å². The largest absolute Gasteiger partial charge is 0.472 e. The van der Waals surface area contributed by atoms with Crippen molar-refractivity contribution in [1.82, 2.24) is 0 Å². The Hall–Kier alpha value is -4.54. The second kappa shape index (κ2) is 74.7. The minimum atomic E-state index is -4.99. The summed E-state index contributed by atoms with van der Waals surface area (Å²) in [4.78, 5) is 72.9. The van der Waals surface area contributed by atoms with E-state index in [-0.39, 0.29) is 25.7 Å². The lowest BCUT2D eigenvalue weighted by molar-refractivity contribution is -0.161. The maximum Gasteiger partial charge on any atom is 0.472 e. The number of esters is 4. The van der Waals surface area contributed by atoms with Gasteiger partial charge in [0.1, 0.15) is 19.3 Å². The molecule has 586 valence electrons. The Kier molecular flexibility index (Phi) is 71.4. The van der Waals surface area contributed by atoms with Gasteiger partial charge >= 0.3 is 39.5 Å². The molecule has 102 heavy (non-hydrogen) atoms. The molecule has 0 aromatic heterocycles.